The second-order valence-electron chi connectivity index (χ2n) is 7.15. The molecule has 1 N–H and O–H groups in total. The second kappa shape index (κ2) is 8.87. The predicted molar refractivity (Wildman–Crippen MR) is 115 cm³/mol. The molecule has 7 heteroatoms. The number of ether oxygens (including phenoxy) is 2. The molecule has 0 unspecified atom stereocenters. The van der Waals surface area contributed by atoms with Crippen LogP contribution in [0.3, 0.4) is 0 Å². The van der Waals surface area contributed by atoms with Crippen LogP contribution in [0.15, 0.2) is 66.7 Å². The van der Waals surface area contributed by atoms with Crippen LogP contribution in [-0.4, -0.2) is 25.5 Å². The first-order chi connectivity index (χ1) is 15.0. The third kappa shape index (κ3) is 4.83. The Morgan fingerprint density at radius 2 is 1.77 bits per heavy atom. The van der Waals surface area contributed by atoms with Gasteiger partial charge in [-0.3, -0.25) is 9.59 Å². The van der Waals surface area contributed by atoms with Gasteiger partial charge in [0.1, 0.15) is 17.3 Å². The number of amides is 2. The largest absolute Gasteiger partial charge is 0.497 e. The van der Waals surface area contributed by atoms with Gasteiger partial charge in [-0.25, -0.2) is 4.39 Å². The van der Waals surface area contributed by atoms with Crippen molar-refractivity contribution in [3.05, 3.63) is 83.7 Å². The minimum atomic E-state index is -0.326. The molecule has 0 fully saturated rings. The summed E-state index contributed by atoms with van der Waals surface area (Å²) in [5, 5.41) is 2.86. The summed E-state index contributed by atoms with van der Waals surface area (Å²) in [6, 6.07) is 18.5. The molecule has 0 bridgehead atoms. The molecular weight excluding hydrogens is 399 g/mol. The molecule has 3 aromatic rings. The Morgan fingerprint density at radius 3 is 2.48 bits per heavy atom. The maximum Gasteiger partial charge on any atom is 0.265 e. The van der Waals surface area contributed by atoms with E-state index in [0.29, 0.717) is 23.7 Å². The van der Waals surface area contributed by atoms with Crippen molar-refractivity contribution >= 4 is 23.2 Å². The quantitative estimate of drug-likeness (QED) is 0.656. The Hall–Kier alpha value is -3.87. The van der Waals surface area contributed by atoms with Crippen LogP contribution >= 0.6 is 0 Å². The van der Waals surface area contributed by atoms with Crippen LogP contribution in [-0.2, 0) is 22.6 Å². The van der Waals surface area contributed by atoms with Crippen LogP contribution in [0.5, 0.6) is 11.5 Å². The molecule has 0 atom stereocenters. The number of carbonyl (C=O) groups is 2. The summed E-state index contributed by atoms with van der Waals surface area (Å²) in [7, 11) is 1.59. The van der Waals surface area contributed by atoms with Crippen molar-refractivity contribution in [2.75, 3.05) is 23.9 Å². The lowest BCUT2D eigenvalue weighted by atomic mass is 10.1. The summed E-state index contributed by atoms with van der Waals surface area (Å²) < 4.78 is 23.9. The zero-order valence-corrected chi connectivity index (χ0v) is 16.9. The zero-order valence-electron chi connectivity index (χ0n) is 16.9. The fourth-order valence-electron chi connectivity index (χ4n) is 3.36. The Bertz CT molecular complexity index is 1100. The molecule has 4 rings (SSSR count). The van der Waals surface area contributed by atoms with Gasteiger partial charge in [-0.2, -0.15) is 0 Å². The van der Waals surface area contributed by atoms with Crippen molar-refractivity contribution in [3.63, 3.8) is 0 Å². The number of benzene rings is 3. The Labute approximate surface area is 179 Å². The van der Waals surface area contributed by atoms with Crippen molar-refractivity contribution in [2.45, 2.75) is 13.0 Å². The summed E-state index contributed by atoms with van der Waals surface area (Å²) in [5.41, 5.74) is 2.85. The molecule has 0 radical (unpaired) electrons. The number of hydrogen-bond acceptors (Lipinski definition) is 4. The molecule has 1 aliphatic rings. The van der Waals surface area contributed by atoms with E-state index in [1.165, 1.54) is 12.1 Å². The van der Waals surface area contributed by atoms with E-state index < -0.39 is 0 Å². The fourth-order valence-corrected chi connectivity index (χ4v) is 3.36. The van der Waals surface area contributed by atoms with Gasteiger partial charge in [-0.15, -0.1) is 0 Å². The summed E-state index contributed by atoms with van der Waals surface area (Å²) in [6.45, 7) is 0.204. The summed E-state index contributed by atoms with van der Waals surface area (Å²) >= 11 is 0. The molecule has 0 spiro atoms. The minimum absolute atomic E-state index is 0.0998. The van der Waals surface area contributed by atoms with Crippen molar-refractivity contribution in [1.82, 2.24) is 0 Å². The van der Waals surface area contributed by atoms with Crippen molar-refractivity contribution < 1.29 is 23.5 Å². The van der Waals surface area contributed by atoms with Gasteiger partial charge >= 0.3 is 0 Å². The fraction of sp³-hybridized carbons (Fsp3) is 0.167. The lowest BCUT2D eigenvalue weighted by molar-refractivity contribution is -0.121. The normalized spacial score (nSPS) is 12.7. The first-order valence-electron chi connectivity index (χ1n) is 9.76. The van der Waals surface area contributed by atoms with Gasteiger partial charge < -0.3 is 19.7 Å². The number of fused-ring (bicyclic) bond motifs is 1. The van der Waals surface area contributed by atoms with E-state index in [4.69, 9.17) is 9.47 Å². The van der Waals surface area contributed by atoms with E-state index >= 15 is 0 Å². The molecular formula is C24H21FN2O4. The predicted octanol–water partition coefficient (Wildman–Crippen LogP) is 3.94. The number of anilines is 2. The third-order valence-corrected chi connectivity index (χ3v) is 4.96. The molecule has 158 valence electrons. The van der Waals surface area contributed by atoms with Crippen molar-refractivity contribution in [3.8, 4) is 11.5 Å². The van der Waals surface area contributed by atoms with E-state index in [-0.39, 0.29) is 30.7 Å². The van der Waals surface area contributed by atoms with Gasteiger partial charge in [0.15, 0.2) is 6.61 Å². The number of methoxy groups -OCH3 is 1. The van der Waals surface area contributed by atoms with Gasteiger partial charge in [-0.1, -0.05) is 24.3 Å². The van der Waals surface area contributed by atoms with Gasteiger partial charge in [0.25, 0.3) is 5.91 Å². The maximum atomic E-state index is 13.2. The highest BCUT2D eigenvalue weighted by Crippen LogP contribution is 2.35. The van der Waals surface area contributed by atoms with Crippen LogP contribution in [0.4, 0.5) is 15.8 Å². The van der Waals surface area contributed by atoms with Crippen molar-refractivity contribution in [1.29, 1.82) is 0 Å². The molecule has 2 amide bonds. The number of halogens is 1. The average Bonchev–Trinajstić information content (AvgIpc) is 2.77. The molecule has 0 saturated heterocycles. The zero-order chi connectivity index (χ0) is 21.8. The van der Waals surface area contributed by atoms with E-state index in [1.807, 2.05) is 24.3 Å². The van der Waals surface area contributed by atoms with E-state index in [2.05, 4.69) is 5.32 Å². The SMILES string of the molecule is COc1ccc(CC(=O)Nc2ccc3c(c2)OCC(=O)N3Cc2ccc(F)cc2)cc1. The van der Waals surface area contributed by atoms with Crippen LogP contribution in [0, 0.1) is 5.82 Å². The minimum Gasteiger partial charge on any atom is -0.497 e. The van der Waals surface area contributed by atoms with Gasteiger partial charge in [0.2, 0.25) is 5.91 Å². The molecule has 31 heavy (non-hydrogen) atoms. The number of rotatable bonds is 6. The highest BCUT2D eigenvalue weighted by molar-refractivity contribution is 5.99. The van der Waals surface area contributed by atoms with Crippen LogP contribution in [0.25, 0.3) is 0 Å². The van der Waals surface area contributed by atoms with Crippen LogP contribution < -0.4 is 19.7 Å². The average molecular weight is 420 g/mol. The Balaban J connectivity index is 1.46. The van der Waals surface area contributed by atoms with E-state index in [9.17, 15) is 14.0 Å². The number of nitrogens with one attached hydrogen (secondary N) is 1. The standard InChI is InChI=1S/C24H21FN2O4/c1-30-20-9-4-16(5-10-20)12-23(28)26-19-8-11-21-22(13-19)31-15-24(29)27(21)14-17-2-6-18(25)7-3-17/h2-11,13H,12,14-15H2,1H3,(H,26,28). The number of nitrogens with zero attached hydrogens (tertiary/aromatic N) is 1. The molecule has 0 saturated carbocycles. The van der Waals surface area contributed by atoms with Gasteiger partial charge in [0, 0.05) is 11.8 Å². The molecule has 6 nitrogen and oxygen atoms in total. The van der Waals surface area contributed by atoms with Crippen molar-refractivity contribution in [2.24, 2.45) is 0 Å². The maximum absolute atomic E-state index is 13.2. The molecule has 3 aromatic carbocycles. The summed E-state index contributed by atoms with van der Waals surface area (Å²) in [5.74, 6) is 0.556. The topological polar surface area (TPSA) is 67.9 Å². The smallest absolute Gasteiger partial charge is 0.265 e. The molecule has 0 aromatic heterocycles. The van der Waals surface area contributed by atoms with Crippen LogP contribution in [0.2, 0.25) is 0 Å². The second-order valence-corrected chi connectivity index (χ2v) is 7.15. The first-order valence-corrected chi connectivity index (χ1v) is 9.76. The molecule has 1 aliphatic heterocycles. The first kappa shape index (κ1) is 20.4. The highest BCUT2D eigenvalue weighted by Gasteiger charge is 2.26. The van der Waals surface area contributed by atoms with Crippen LogP contribution in [0.1, 0.15) is 11.1 Å². The van der Waals surface area contributed by atoms with E-state index in [0.717, 1.165) is 16.9 Å². The molecule has 0 aliphatic carbocycles. The Kier molecular flexibility index (Phi) is 5.84. The highest BCUT2D eigenvalue weighted by atomic mass is 19.1. The van der Waals surface area contributed by atoms with Gasteiger partial charge in [0.05, 0.1) is 25.8 Å². The van der Waals surface area contributed by atoms with E-state index in [1.54, 1.807) is 42.3 Å². The summed E-state index contributed by atoms with van der Waals surface area (Å²) in [6.07, 6.45) is 0.219. The molecule has 1 heterocycles. The number of carbonyl (C=O) groups excluding carboxylic acids is 2. The summed E-state index contributed by atoms with van der Waals surface area (Å²) in [4.78, 5) is 26.4. The Morgan fingerprint density at radius 1 is 1.06 bits per heavy atom. The lowest BCUT2D eigenvalue weighted by Gasteiger charge is -2.29. The number of hydrogen-bond donors (Lipinski definition) is 1. The third-order valence-electron chi connectivity index (χ3n) is 4.96. The monoisotopic (exact) mass is 420 g/mol. The lowest BCUT2D eigenvalue weighted by Crippen LogP contribution is -2.38. The van der Waals surface area contributed by atoms with Gasteiger partial charge in [-0.05, 0) is 47.5 Å².